The number of benzene rings is 7. The highest BCUT2D eigenvalue weighted by Gasteiger charge is 2.24. The van der Waals surface area contributed by atoms with Gasteiger partial charge in [0.05, 0.1) is 0 Å². The number of thiophene rings is 1. The minimum atomic E-state index is 0.951. The molecule has 8 aromatic rings. The Morgan fingerprint density at radius 1 is 0.346 bits per heavy atom. The molecule has 0 aliphatic heterocycles. The molecule has 0 atom stereocenters. The third-order valence-corrected chi connectivity index (χ3v) is 10.9. The van der Waals surface area contributed by atoms with Crippen molar-refractivity contribution in [2.75, 3.05) is 14.7 Å². The summed E-state index contributed by atoms with van der Waals surface area (Å²) in [6, 6.07) is 69.3. The Labute approximate surface area is 309 Å². The maximum atomic E-state index is 2.45. The van der Waals surface area contributed by atoms with Gasteiger partial charge in [-0.2, -0.15) is 0 Å². The molecule has 1 aromatic heterocycles. The fourth-order valence-electron chi connectivity index (χ4n) is 7.33. The lowest BCUT2D eigenvalue weighted by atomic mass is 9.98. The molecule has 3 nitrogen and oxygen atoms in total. The normalized spacial score (nSPS) is 12.2. The van der Waals surface area contributed by atoms with Crippen molar-refractivity contribution >= 4 is 73.0 Å². The van der Waals surface area contributed by atoms with Gasteiger partial charge in [-0.15, -0.1) is 11.3 Å². The van der Waals surface area contributed by atoms with Gasteiger partial charge in [0.15, 0.2) is 0 Å². The largest absolute Gasteiger partial charge is 0.314 e. The molecule has 0 saturated carbocycles. The first-order chi connectivity index (χ1) is 25.8. The lowest BCUT2D eigenvalue weighted by Crippen LogP contribution is -2.19. The second kappa shape index (κ2) is 14.1. The molecular weight excluding hydrogens is 651 g/mol. The summed E-state index contributed by atoms with van der Waals surface area (Å²) in [5, 5.41) is 1.30. The molecule has 1 heterocycles. The van der Waals surface area contributed by atoms with Crippen molar-refractivity contribution in [1.82, 2.24) is 0 Å². The van der Waals surface area contributed by atoms with Gasteiger partial charge in [-0.1, -0.05) is 97.1 Å². The quantitative estimate of drug-likeness (QED) is 0.150. The highest BCUT2D eigenvalue weighted by atomic mass is 32.1. The molecule has 0 N–H and O–H groups in total. The number of fused-ring (bicyclic) bond motifs is 3. The van der Waals surface area contributed by atoms with E-state index in [1.54, 1.807) is 0 Å². The zero-order valence-corrected chi connectivity index (χ0v) is 29.5. The Balaban J connectivity index is 1.16. The summed E-state index contributed by atoms with van der Waals surface area (Å²) >= 11 is 1.93. The van der Waals surface area contributed by atoms with E-state index in [0.29, 0.717) is 0 Å². The molecule has 52 heavy (non-hydrogen) atoms. The topological polar surface area (TPSA) is 9.72 Å². The summed E-state index contributed by atoms with van der Waals surface area (Å²) in [6.45, 7) is 0. The van der Waals surface area contributed by atoms with Gasteiger partial charge >= 0.3 is 0 Å². The third-order valence-electron chi connectivity index (χ3n) is 9.67. The predicted molar refractivity (Wildman–Crippen MR) is 223 cm³/mol. The van der Waals surface area contributed by atoms with Gasteiger partial charge in [-0.25, -0.2) is 0 Å². The average molecular weight is 688 g/mol. The highest BCUT2D eigenvalue weighted by molar-refractivity contribution is 7.19. The zero-order chi connectivity index (χ0) is 34.7. The SMILES string of the molecule is C1=C(N(c2ccccc2)c2cccc(N(c3ccccc3)c3ccccc3)c2)CCc2sc3ccc(N(c4ccccc4)c4ccccc4)cc3c21. The highest BCUT2D eigenvalue weighted by Crippen LogP contribution is 2.45. The smallest absolute Gasteiger partial charge is 0.0482 e. The van der Waals surface area contributed by atoms with Crippen LogP contribution in [0.25, 0.3) is 16.2 Å². The lowest BCUT2D eigenvalue weighted by Gasteiger charge is -2.32. The average Bonchev–Trinajstić information content (AvgIpc) is 3.58. The molecule has 1 aliphatic carbocycles. The Bertz CT molecular complexity index is 2380. The van der Waals surface area contributed by atoms with Gasteiger partial charge < -0.3 is 14.7 Å². The maximum absolute atomic E-state index is 2.45. The first-order valence-electron chi connectivity index (χ1n) is 17.8. The molecule has 0 unspecified atom stereocenters. The molecule has 0 fully saturated rings. The second-order valence-corrected chi connectivity index (χ2v) is 14.1. The van der Waals surface area contributed by atoms with E-state index in [-0.39, 0.29) is 0 Å². The van der Waals surface area contributed by atoms with E-state index >= 15 is 0 Å². The van der Waals surface area contributed by atoms with E-state index in [0.717, 1.165) is 58.3 Å². The number of hydrogen-bond donors (Lipinski definition) is 0. The third kappa shape index (κ3) is 6.14. The van der Waals surface area contributed by atoms with Crippen LogP contribution in [0.2, 0.25) is 0 Å². The molecule has 1 aliphatic rings. The second-order valence-electron chi connectivity index (χ2n) is 13.0. The van der Waals surface area contributed by atoms with Crippen molar-refractivity contribution in [1.29, 1.82) is 0 Å². The number of nitrogens with zero attached hydrogens (tertiary/aromatic N) is 3. The molecule has 9 rings (SSSR count). The van der Waals surface area contributed by atoms with Crippen molar-refractivity contribution in [2.24, 2.45) is 0 Å². The molecular formula is C48H37N3S. The van der Waals surface area contributed by atoms with E-state index in [1.165, 1.54) is 26.2 Å². The fraction of sp³-hybridized carbons (Fsp3) is 0.0417. The number of anilines is 8. The van der Waals surface area contributed by atoms with E-state index in [4.69, 9.17) is 0 Å². The van der Waals surface area contributed by atoms with Gasteiger partial charge in [0.25, 0.3) is 0 Å². The van der Waals surface area contributed by atoms with Crippen molar-refractivity contribution < 1.29 is 0 Å². The van der Waals surface area contributed by atoms with Gasteiger partial charge in [-0.3, -0.25) is 0 Å². The molecule has 0 saturated heterocycles. The van der Waals surface area contributed by atoms with Crippen LogP contribution in [-0.2, 0) is 6.42 Å². The van der Waals surface area contributed by atoms with Crippen LogP contribution < -0.4 is 14.7 Å². The van der Waals surface area contributed by atoms with E-state index in [2.05, 4.69) is 215 Å². The van der Waals surface area contributed by atoms with E-state index < -0.39 is 0 Å². The minimum Gasteiger partial charge on any atom is -0.314 e. The number of hydrogen-bond acceptors (Lipinski definition) is 4. The lowest BCUT2D eigenvalue weighted by molar-refractivity contribution is 0.911. The van der Waals surface area contributed by atoms with Crippen molar-refractivity contribution in [3.05, 3.63) is 210 Å². The first kappa shape index (κ1) is 31.6. The molecule has 0 bridgehead atoms. The van der Waals surface area contributed by atoms with Crippen LogP contribution >= 0.6 is 11.3 Å². The first-order valence-corrected chi connectivity index (χ1v) is 18.6. The van der Waals surface area contributed by atoms with Crippen LogP contribution in [0.15, 0.2) is 200 Å². The number of allylic oxidation sites excluding steroid dienone is 1. The number of aryl methyl sites for hydroxylation is 1. The Kier molecular flexibility index (Phi) is 8.57. The van der Waals surface area contributed by atoms with E-state index in [9.17, 15) is 0 Å². The summed E-state index contributed by atoms with van der Waals surface area (Å²) < 4.78 is 1.32. The molecule has 0 radical (unpaired) electrons. The molecule has 250 valence electrons. The van der Waals surface area contributed by atoms with Crippen LogP contribution in [0, 0.1) is 0 Å². The molecule has 0 spiro atoms. The fourth-order valence-corrected chi connectivity index (χ4v) is 8.49. The van der Waals surface area contributed by atoms with E-state index in [1.807, 2.05) is 11.3 Å². The summed E-state index contributed by atoms with van der Waals surface area (Å²) in [7, 11) is 0. The number of rotatable bonds is 9. The van der Waals surface area contributed by atoms with Crippen molar-refractivity contribution in [2.45, 2.75) is 12.8 Å². The van der Waals surface area contributed by atoms with Gasteiger partial charge in [0.2, 0.25) is 0 Å². The summed E-state index contributed by atoms with van der Waals surface area (Å²) in [4.78, 5) is 8.58. The monoisotopic (exact) mass is 687 g/mol. The molecule has 7 aromatic carbocycles. The van der Waals surface area contributed by atoms with Crippen LogP contribution in [0.5, 0.6) is 0 Å². The predicted octanol–water partition coefficient (Wildman–Crippen LogP) is 14.0. The van der Waals surface area contributed by atoms with Gasteiger partial charge in [-0.05, 0) is 122 Å². The van der Waals surface area contributed by atoms with Crippen molar-refractivity contribution in [3.8, 4) is 0 Å². The minimum absolute atomic E-state index is 0.951. The van der Waals surface area contributed by atoms with Crippen LogP contribution in [0.4, 0.5) is 45.5 Å². The van der Waals surface area contributed by atoms with Crippen LogP contribution in [0.3, 0.4) is 0 Å². The maximum Gasteiger partial charge on any atom is 0.0482 e. The summed E-state index contributed by atoms with van der Waals surface area (Å²) in [5.41, 5.74) is 11.7. The summed E-state index contributed by atoms with van der Waals surface area (Å²) in [5.74, 6) is 0. The van der Waals surface area contributed by atoms with Crippen molar-refractivity contribution in [3.63, 3.8) is 0 Å². The Hall–Kier alpha value is -6.36. The standard InChI is InChI=1S/C48H37N3S/c1-6-17-36(18-7-1)49(37-19-8-2-9-20-37)41-27-16-28-42(33-41)51(40-25-14-5-15-26-40)44-30-32-48-46(35-44)45-34-43(29-31-47(45)52-48)50(38-21-10-3-11-22-38)39-23-12-4-13-24-39/h1-29,31,33-35H,30,32H2. The zero-order valence-electron chi connectivity index (χ0n) is 28.7. The Morgan fingerprint density at radius 3 is 1.23 bits per heavy atom. The van der Waals surface area contributed by atoms with Crippen LogP contribution in [-0.4, -0.2) is 0 Å². The Morgan fingerprint density at radius 2 is 0.750 bits per heavy atom. The summed E-state index contributed by atoms with van der Waals surface area (Å²) in [6.07, 6.45) is 4.40. The van der Waals surface area contributed by atoms with Gasteiger partial charge in [0.1, 0.15) is 0 Å². The molecule has 4 heteroatoms. The number of para-hydroxylation sites is 5. The molecule has 0 amide bonds. The van der Waals surface area contributed by atoms with Gasteiger partial charge in [0, 0.05) is 66.2 Å². The van der Waals surface area contributed by atoms with Crippen LogP contribution in [0.1, 0.15) is 16.9 Å².